The van der Waals surface area contributed by atoms with Crippen LogP contribution in [0.15, 0.2) is 83.0 Å². The fourth-order valence-corrected chi connectivity index (χ4v) is 4.48. The second-order valence-corrected chi connectivity index (χ2v) is 9.06. The Morgan fingerprint density at radius 2 is 1.89 bits per heavy atom. The van der Waals surface area contributed by atoms with Crippen molar-refractivity contribution in [3.8, 4) is 5.75 Å². The molecular formula is C25H21N5O5S. The minimum absolute atomic E-state index is 0.0363. The molecule has 1 aliphatic rings. The number of phenols is 1. The number of aromatic hydroxyl groups is 1. The third-order valence-electron chi connectivity index (χ3n) is 5.18. The van der Waals surface area contributed by atoms with Gasteiger partial charge in [-0.05, 0) is 43.3 Å². The van der Waals surface area contributed by atoms with Crippen LogP contribution < -0.4 is 10.2 Å². The molecule has 0 aliphatic carbocycles. The molecule has 2 N–H and O–H groups in total. The Bertz CT molecular complexity index is 1360. The van der Waals surface area contributed by atoms with E-state index >= 15 is 0 Å². The zero-order valence-corrected chi connectivity index (χ0v) is 19.9. The van der Waals surface area contributed by atoms with Crippen molar-refractivity contribution in [3.63, 3.8) is 0 Å². The fourth-order valence-electron chi connectivity index (χ4n) is 3.39. The van der Waals surface area contributed by atoms with E-state index in [1.54, 1.807) is 30.3 Å². The lowest BCUT2D eigenvalue weighted by molar-refractivity contribution is -0.384. The summed E-state index contributed by atoms with van der Waals surface area (Å²) >= 11 is 1.09. The molecule has 0 radical (unpaired) electrons. The van der Waals surface area contributed by atoms with Crippen LogP contribution in [0.25, 0.3) is 0 Å². The molecule has 1 aliphatic heterocycles. The molecule has 3 aromatic rings. The van der Waals surface area contributed by atoms with Crippen molar-refractivity contribution in [1.82, 2.24) is 0 Å². The van der Waals surface area contributed by atoms with Gasteiger partial charge in [-0.15, -0.1) is 5.10 Å². The van der Waals surface area contributed by atoms with Gasteiger partial charge in [0.2, 0.25) is 11.8 Å². The number of hydrogen-bond acceptors (Lipinski definition) is 8. The molecule has 182 valence electrons. The highest BCUT2D eigenvalue weighted by atomic mass is 32.2. The Hall–Kier alpha value is -4.51. The number of anilines is 2. The number of nitro groups is 1. The number of thioether (sulfide) groups is 1. The van der Waals surface area contributed by atoms with Gasteiger partial charge in [0.05, 0.1) is 16.8 Å². The van der Waals surface area contributed by atoms with Crippen molar-refractivity contribution < 1.29 is 19.6 Å². The summed E-state index contributed by atoms with van der Waals surface area (Å²) in [6.45, 7) is 1.94. The standard InChI is InChI=1S/C25H21N5O5S/c1-16-5-7-18(8-6-16)27-23(32)14-22-24(33)29(19-9-11-21(31)12-10-19)25(36-22)28-26-15-17-3-2-4-20(13-17)30(34)35/h2-13,15,22,31H,14H2,1H3,(H,27,32)/b26-15+,28-25+. The lowest BCUT2D eigenvalue weighted by atomic mass is 10.2. The molecule has 1 fully saturated rings. The maximum atomic E-state index is 13.2. The molecule has 4 rings (SSSR count). The molecular weight excluding hydrogens is 482 g/mol. The van der Waals surface area contributed by atoms with Crippen LogP contribution in [-0.2, 0) is 9.59 Å². The fraction of sp³-hybridized carbons (Fsp3) is 0.120. The van der Waals surface area contributed by atoms with Gasteiger partial charge in [-0.2, -0.15) is 5.10 Å². The summed E-state index contributed by atoms with van der Waals surface area (Å²) in [6.07, 6.45) is 1.26. The molecule has 36 heavy (non-hydrogen) atoms. The minimum Gasteiger partial charge on any atom is -0.508 e. The molecule has 10 nitrogen and oxygen atoms in total. The number of hydrogen-bond donors (Lipinski definition) is 2. The van der Waals surface area contributed by atoms with Crippen LogP contribution >= 0.6 is 11.8 Å². The summed E-state index contributed by atoms with van der Waals surface area (Å²) in [5, 5.41) is 31.1. The summed E-state index contributed by atoms with van der Waals surface area (Å²) < 4.78 is 0. The Kier molecular flexibility index (Phi) is 7.40. The number of benzene rings is 3. The third kappa shape index (κ3) is 5.94. The van der Waals surface area contributed by atoms with Gasteiger partial charge >= 0.3 is 0 Å². The van der Waals surface area contributed by atoms with E-state index in [9.17, 15) is 24.8 Å². The predicted octanol–water partition coefficient (Wildman–Crippen LogP) is 4.48. The van der Waals surface area contributed by atoms with E-state index in [1.165, 1.54) is 41.4 Å². The Labute approximate surface area is 210 Å². The smallest absolute Gasteiger partial charge is 0.270 e. The molecule has 2 amide bonds. The van der Waals surface area contributed by atoms with E-state index in [0.717, 1.165) is 17.3 Å². The summed E-state index contributed by atoms with van der Waals surface area (Å²) in [4.78, 5) is 37.7. The highest BCUT2D eigenvalue weighted by molar-refractivity contribution is 8.16. The van der Waals surface area contributed by atoms with Crippen molar-refractivity contribution in [2.24, 2.45) is 10.2 Å². The maximum absolute atomic E-state index is 13.2. The predicted molar refractivity (Wildman–Crippen MR) is 140 cm³/mol. The van der Waals surface area contributed by atoms with Gasteiger partial charge < -0.3 is 10.4 Å². The molecule has 0 saturated carbocycles. The van der Waals surface area contributed by atoms with E-state index in [2.05, 4.69) is 15.5 Å². The first-order valence-corrected chi connectivity index (χ1v) is 11.7. The van der Waals surface area contributed by atoms with Gasteiger partial charge in [-0.25, -0.2) is 0 Å². The van der Waals surface area contributed by atoms with Gasteiger partial charge in [0.25, 0.3) is 5.69 Å². The number of carbonyl (C=O) groups is 2. The number of rotatable bonds is 7. The van der Waals surface area contributed by atoms with Crippen molar-refractivity contribution >= 4 is 52.0 Å². The van der Waals surface area contributed by atoms with Gasteiger partial charge in [0, 0.05) is 29.8 Å². The summed E-state index contributed by atoms with van der Waals surface area (Å²) in [5.41, 5.74) is 2.53. The highest BCUT2D eigenvalue weighted by Gasteiger charge is 2.40. The Morgan fingerprint density at radius 3 is 2.58 bits per heavy atom. The molecule has 1 unspecified atom stereocenters. The monoisotopic (exact) mass is 503 g/mol. The SMILES string of the molecule is Cc1ccc(NC(=O)CC2S/C(=N/N=C/c3cccc([N+](=O)[O-])c3)N(c3ccc(O)cc3)C2=O)cc1. The van der Waals surface area contributed by atoms with Gasteiger partial charge in [-0.3, -0.25) is 24.6 Å². The van der Waals surface area contributed by atoms with E-state index in [-0.39, 0.29) is 34.8 Å². The zero-order valence-electron chi connectivity index (χ0n) is 19.1. The van der Waals surface area contributed by atoms with E-state index in [1.807, 2.05) is 19.1 Å². The lowest BCUT2D eigenvalue weighted by Crippen LogP contribution is -2.33. The number of non-ortho nitro benzene ring substituents is 1. The van der Waals surface area contributed by atoms with Crippen LogP contribution in [0.3, 0.4) is 0 Å². The number of nitrogens with zero attached hydrogens (tertiary/aromatic N) is 4. The largest absolute Gasteiger partial charge is 0.508 e. The van der Waals surface area contributed by atoms with Crippen molar-refractivity contribution in [3.05, 3.63) is 94.0 Å². The van der Waals surface area contributed by atoms with Crippen LogP contribution in [-0.4, -0.2) is 38.5 Å². The molecule has 1 heterocycles. The normalized spacial score (nSPS) is 16.6. The van der Waals surface area contributed by atoms with Gasteiger partial charge in [-0.1, -0.05) is 41.6 Å². The number of phenolic OH excluding ortho intramolecular Hbond substituents is 1. The number of amides is 2. The molecule has 0 bridgehead atoms. The van der Waals surface area contributed by atoms with Crippen molar-refractivity contribution in [1.29, 1.82) is 0 Å². The topological polar surface area (TPSA) is 138 Å². The van der Waals surface area contributed by atoms with Crippen LogP contribution in [0, 0.1) is 17.0 Å². The summed E-state index contributed by atoms with van der Waals surface area (Å²) in [5.74, 6) is -0.639. The first-order chi connectivity index (χ1) is 17.3. The van der Waals surface area contributed by atoms with Crippen LogP contribution in [0.5, 0.6) is 5.75 Å². The molecule has 1 saturated heterocycles. The number of nitrogens with one attached hydrogen (secondary N) is 1. The van der Waals surface area contributed by atoms with E-state index in [0.29, 0.717) is 16.9 Å². The van der Waals surface area contributed by atoms with Crippen LogP contribution in [0.1, 0.15) is 17.5 Å². The van der Waals surface area contributed by atoms with E-state index < -0.39 is 10.2 Å². The van der Waals surface area contributed by atoms with Crippen LogP contribution in [0.2, 0.25) is 0 Å². The minimum atomic E-state index is -0.740. The Balaban J connectivity index is 1.55. The second kappa shape index (κ2) is 10.8. The molecule has 0 spiro atoms. The molecule has 0 aromatic heterocycles. The lowest BCUT2D eigenvalue weighted by Gasteiger charge is -2.16. The van der Waals surface area contributed by atoms with Crippen molar-refractivity contribution in [2.45, 2.75) is 18.6 Å². The number of nitro benzene ring substituents is 1. The highest BCUT2D eigenvalue weighted by Crippen LogP contribution is 2.34. The number of aryl methyl sites for hydroxylation is 1. The quantitative estimate of drug-likeness (QED) is 0.277. The molecule has 11 heteroatoms. The second-order valence-electron chi connectivity index (χ2n) is 7.89. The first kappa shape index (κ1) is 24.6. The average Bonchev–Trinajstić information content (AvgIpc) is 3.16. The average molecular weight is 504 g/mol. The zero-order chi connectivity index (χ0) is 25.7. The van der Waals surface area contributed by atoms with Crippen LogP contribution in [0.4, 0.5) is 17.1 Å². The van der Waals surface area contributed by atoms with Gasteiger partial charge in [0.1, 0.15) is 11.0 Å². The molecule has 3 aromatic carbocycles. The Morgan fingerprint density at radius 1 is 1.17 bits per heavy atom. The van der Waals surface area contributed by atoms with Gasteiger partial charge in [0.15, 0.2) is 5.17 Å². The first-order valence-electron chi connectivity index (χ1n) is 10.8. The molecule has 1 atom stereocenters. The number of carbonyl (C=O) groups excluding carboxylic acids is 2. The van der Waals surface area contributed by atoms with E-state index in [4.69, 9.17) is 0 Å². The maximum Gasteiger partial charge on any atom is 0.270 e. The third-order valence-corrected chi connectivity index (χ3v) is 6.31. The summed E-state index contributed by atoms with van der Waals surface area (Å²) in [7, 11) is 0. The summed E-state index contributed by atoms with van der Waals surface area (Å²) in [6, 6.07) is 19.2. The van der Waals surface area contributed by atoms with Crippen molar-refractivity contribution in [2.75, 3.05) is 10.2 Å². The number of amidine groups is 1.